The van der Waals surface area contributed by atoms with Crippen LogP contribution in [0.1, 0.15) is 43.7 Å². The van der Waals surface area contributed by atoms with Gasteiger partial charge in [0, 0.05) is 24.0 Å². The van der Waals surface area contributed by atoms with Crippen molar-refractivity contribution in [2.75, 3.05) is 11.3 Å². The number of nitrogens with one attached hydrogen (secondary N) is 2. The molecule has 3 heterocycles. The molecule has 0 unspecified atom stereocenters. The number of anilines is 1. The number of fused-ring (bicyclic) bond motifs is 1. The maximum atomic E-state index is 13.5. The number of hydrogen-bond donors (Lipinski definition) is 2. The maximum Gasteiger partial charge on any atom is 0.343 e. The molecule has 2 N–H and O–H groups in total. The Morgan fingerprint density at radius 2 is 1.94 bits per heavy atom. The Bertz CT molecular complexity index is 1560. The standard InChI is InChI=1S/C23H26N8O4S/c1-6-35-22(32)15-13-25-27-20(15)28-26-18-19(23(2,3)4)29-31(5)21(18)30-36(33,34)16-11-7-9-14-10-8-12-24-17(14)16/h7-13,30H,6H2,1-5H3,(H,25,27). The van der Waals surface area contributed by atoms with Gasteiger partial charge in [0.05, 0.1) is 24.0 Å². The number of aromatic amines is 1. The fourth-order valence-electron chi connectivity index (χ4n) is 3.52. The molecule has 1 aromatic carbocycles. The average molecular weight is 511 g/mol. The summed E-state index contributed by atoms with van der Waals surface area (Å²) < 4.78 is 36.0. The number of para-hydroxylation sites is 1. The van der Waals surface area contributed by atoms with Gasteiger partial charge in [0.25, 0.3) is 10.0 Å². The van der Waals surface area contributed by atoms with Crippen LogP contribution in [0.25, 0.3) is 10.9 Å². The molecule has 0 atom stereocenters. The molecule has 0 aliphatic carbocycles. The Hall–Kier alpha value is -4.13. The van der Waals surface area contributed by atoms with Gasteiger partial charge in [-0.2, -0.15) is 10.2 Å². The first-order valence-corrected chi connectivity index (χ1v) is 12.6. The van der Waals surface area contributed by atoms with Crippen molar-refractivity contribution in [1.29, 1.82) is 0 Å². The van der Waals surface area contributed by atoms with Crippen LogP contribution in [0, 0.1) is 0 Å². The van der Waals surface area contributed by atoms with Crippen LogP contribution >= 0.6 is 0 Å². The molecule has 13 heteroatoms. The van der Waals surface area contributed by atoms with Gasteiger partial charge in [0.1, 0.15) is 10.5 Å². The molecule has 0 amide bonds. The minimum atomic E-state index is -4.09. The number of ether oxygens (including phenoxy) is 1. The molecule has 36 heavy (non-hydrogen) atoms. The smallest absolute Gasteiger partial charge is 0.343 e. The molecule has 3 aromatic heterocycles. The highest BCUT2D eigenvalue weighted by Gasteiger charge is 2.30. The lowest BCUT2D eigenvalue weighted by molar-refractivity contribution is 0.0527. The van der Waals surface area contributed by atoms with E-state index in [2.05, 4.69) is 35.2 Å². The molecular weight excluding hydrogens is 484 g/mol. The van der Waals surface area contributed by atoms with Crippen LogP contribution in [0.2, 0.25) is 0 Å². The third kappa shape index (κ3) is 4.82. The second-order valence-corrected chi connectivity index (χ2v) is 10.6. The molecule has 0 aliphatic heterocycles. The van der Waals surface area contributed by atoms with Gasteiger partial charge in [0.15, 0.2) is 17.3 Å². The molecule has 0 bridgehead atoms. The van der Waals surface area contributed by atoms with Crippen LogP contribution in [-0.4, -0.2) is 46.0 Å². The summed E-state index contributed by atoms with van der Waals surface area (Å²) in [5.74, 6) is -0.426. The van der Waals surface area contributed by atoms with E-state index in [1.54, 1.807) is 38.2 Å². The van der Waals surface area contributed by atoms with Gasteiger partial charge in [-0.15, -0.1) is 10.2 Å². The summed E-state index contributed by atoms with van der Waals surface area (Å²) in [5.41, 5.74) is 0.636. The second kappa shape index (κ2) is 9.49. The van der Waals surface area contributed by atoms with Crippen molar-refractivity contribution in [1.82, 2.24) is 25.0 Å². The SMILES string of the molecule is CCOC(=O)c1cn[nH]c1N=Nc1c(C(C)(C)C)nn(C)c1NS(=O)(=O)c1cccc2cccnc12. The van der Waals surface area contributed by atoms with Crippen LogP contribution in [-0.2, 0) is 27.2 Å². The van der Waals surface area contributed by atoms with Crippen molar-refractivity contribution in [3.63, 3.8) is 0 Å². The highest BCUT2D eigenvalue weighted by Crippen LogP contribution is 2.39. The molecule has 0 aliphatic rings. The number of nitrogens with zero attached hydrogens (tertiary/aromatic N) is 6. The number of hydrogen-bond acceptors (Lipinski definition) is 9. The maximum absolute atomic E-state index is 13.5. The predicted molar refractivity (Wildman–Crippen MR) is 133 cm³/mol. The highest BCUT2D eigenvalue weighted by molar-refractivity contribution is 7.93. The summed E-state index contributed by atoms with van der Waals surface area (Å²) in [6.07, 6.45) is 2.83. The van der Waals surface area contributed by atoms with Gasteiger partial charge in [-0.3, -0.25) is 14.8 Å². The van der Waals surface area contributed by atoms with Crippen LogP contribution < -0.4 is 4.72 Å². The van der Waals surface area contributed by atoms with Gasteiger partial charge in [-0.25, -0.2) is 17.9 Å². The first kappa shape index (κ1) is 25.0. The molecule has 4 aromatic rings. The number of sulfonamides is 1. The molecule has 0 radical (unpaired) electrons. The van der Waals surface area contributed by atoms with E-state index in [-0.39, 0.29) is 34.4 Å². The number of carbonyl (C=O) groups excluding carboxylic acids is 1. The number of benzene rings is 1. The number of H-pyrrole nitrogens is 1. The molecule has 188 valence electrons. The molecular formula is C23H26N8O4S. The quantitative estimate of drug-likeness (QED) is 0.276. The third-order valence-electron chi connectivity index (χ3n) is 5.21. The van der Waals surface area contributed by atoms with Gasteiger partial charge in [-0.1, -0.05) is 39.0 Å². The predicted octanol–water partition coefficient (Wildman–Crippen LogP) is 4.38. The minimum absolute atomic E-state index is 0.0140. The Morgan fingerprint density at radius 3 is 2.67 bits per heavy atom. The van der Waals surface area contributed by atoms with Crippen LogP contribution in [0.5, 0.6) is 0 Å². The first-order valence-electron chi connectivity index (χ1n) is 11.1. The van der Waals surface area contributed by atoms with E-state index in [0.717, 1.165) is 0 Å². The Balaban J connectivity index is 1.80. The fraction of sp³-hybridized carbons (Fsp3) is 0.304. The van der Waals surface area contributed by atoms with Crippen molar-refractivity contribution >= 4 is 44.2 Å². The van der Waals surface area contributed by atoms with Crippen molar-refractivity contribution < 1.29 is 17.9 Å². The zero-order valence-electron chi connectivity index (χ0n) is 20.5. The zero-order valence-corrected chi connectivity index (χ0v) is 21.3. The number of aromatic nitrogens is 5. The minimum Gasteiger partial charge on any atom is -0.462 e. The van der Waals surface area contributed by atoms with E-state index in [9.17, 15) is 13.2 Å². The topological polar surface area (TPSA) is 157 Å². The second-order valence-electron chi connectivity index (χ2n) is 8.91. The monoisotopic (exact) mass is 510 g/mol. The lowest BCUT2D eigenvalue weighted by Crippen LogP contribution is -2.16. The van der Waals surface area contributed by atoms with Crippen molar-refractivity contribution in [2.45, 2.75) is 38.0 Å². The summed E-state index contributed by atoms with van der Waals surface area (Å²) in [5, 5.41) is 20.1. The molecule has 12 nitrogen and oxygen atoms in total. The first-order chi connectivity index (χ1) is 17.0. The largest absolute Gasteiger partial charge is 0.462 e. The van der Waals surface area contributed by atoms with Crippen molar-refractivity contribution in [3.8, 4) is 0 Å². The van der Waals surface area contributed by atoms with E-state index in [1.807, 2.05) is 20.8 Å². The molecule has 0 fully saturated rings. The van der Waals surface area contributed by atoms with Crippen molar-refractivity contribution in [3.05, 3.63) is 54.0 Å². The lowest BCUT2D eigenvalue weighted by Gasteiger charge is -2.15. The summed E-state index contributed by atoms with van der Waals surface area (Å²) in [7, 11) is -2.48. The number of esters is 1. The van der Waals surface area contributed by atoms with Crippen LogP contribution in [0.15, 0.2) is 57.8 Å². The summed E-state index contributed by atoms with van der Waals surface area (Å²) in [6.45, 7) is 7.63. The molecule has 0 spiro atoms. The molecule has 4 rings (SSSR count). The van der Waals surface area contributed by atoms with Gasteiger partial charge in [0.2, 0.25) is 0 Å². The Morgan fingerprint density at radius 1 is 1.19 bits per heavy atom. The zero-order chi connectivity index (χ0) is 26.1. The number of rotatable bonds is 7. The van der Waals surface area contributed by atoms with Crippen molar-refractivity contribution in [2.24, 2.45) is 17.3 Å². The molecule has 0 saturated heterocycles. The van der Waals surface area contributed by atoms with Crippen LogP contribution in [0.3, 0.4) is 0 Å². The van der Waals surface area contributed by atoms with Gasteiger partial charge < -0.3 is 4.74 Å². The van der Waals surface area contributed by atoms with E-state index < -0.39 is 21.4 Å². The van der Waals surface area contributed by atoms with Crippen LogP contribution in [0.4, 0.5) is 17.3 Å². The van der Waals surface area contributed by atoms with E-state index in [0.29, 0.717) is 16.6 Å². The summed E-state index contributed by atoms with van der Waals surface area (Å²) >= 11 is 0. The van der Waals surface area contributed by atoms with E-state index in [1.165, 1.54) is 23.1 Å². The van der Waals surface area contributed by atoms with E-state index in [4.69, 9.17) is 4.74 Å². The highest BCUT2D eigenvalue weighted by atomic mass is 32.2. The number of aryl methyl sites for hydroxylation is 1. The average Bonchev–Trinajstić information content (AvgIpc) is 3.42. The van der Waals surface area contributed by atoms with E-state index >= 15 is 0 Å². The number of azo groups is 1. The summed E-state index contributed by atoms with van der Waals surface area (Å²) in [4.78, 5) is 16.5. The number of carbonyl (C=O) groups is 1. The fourth-order valence-corrected chi connectivity index (χ4v) is 4.79. The Kier molecular flexibility index (Phi) is 6.59. The number of pyridine rings is 1. The third-order valence-corrected chi connectivity index (χ3v) is 6.58. The lowest BCUT2D eigenvalue weighted by atomic mass is 9.91. The van der Waals surface area contributed by atoms with Gasteiger partial charge in [-0.05, 0) is 19.1 Å². The Labute approximate surface area is 207 Å². The normalized spacial score (nSPS) is 12.4. The molecule has 0 saturated carbocycles. The summed E-state index contributed by atoms with van der Waals surface area (Å²) in [6, 6.07) is 8.44. The van der Waals surface area contributed by atoms with Gasteiger partial charge >= 0.3 is 5.97 Å².